The Morgan fingerprint density at radius 3 is 2.41 bits per heavy atom. The number of hydrogen-bond donors (Lipinski definition) is 1. The van der Waals surface area contributed by atoms with E-state index in [1.165, 1.54) is 4.88 Å². The Morgan fingerprint density at radius 1 is 1.29 bits per heavy atom. The van der Waals surface area contributed by atoms with Crippen LogP contribution in [0.2, 0.25) is 4.34 Å². The molecule has 0 aliphatic rings. The molecule has 0 aliphatic carbocycles. The average molecular weight is 275 g/mol. The number of halogens is 1. The van der Waals surface area contributed by atoms with Crippen LogP contribution in [0.15, 0.2) is 12.1 Å². The van der Waals surface area contributed by atoms with Crippen molar-refractivity contribution in [2.45, 2.75) is 39.8 Å². The monoisotopic (exact) mass is 274 g/mol. The highest BCUT2D eigenvalue weighted by atomic mass is 35.5. The molecular formula is C13H23ClN2S. The molecule has 0 aromatic carbocycles. The molecule has 1 rings (SSSR count). The van der Waals surface area contributed by atoms with E-state index in [0.29, 0.717) is 12.1 Å². The zero-order chi connectivity index (χ0) is 12.8. The second-order valence-corrected chi connectivity index (χ2v) is 6.16. The number of hydrogen-bond acceptors (Lipinski definition) is 3. The number of thiophene rings is 1. The van der Waals surface area contributed by atoms with Crippen LogP contribution in [0, 0.1) is 0 Å². The van der Waals surface area contributed by atoms with E-state index in [9.17, 15) is 0 Å². The second kappa shape index (κ2) is 7.37. The van der Waals surface area contributed by atoms with Gasteiger partial charge in [-0.1, -0.05) is 25.4 Å². The molecule has 0 aliphatic heterocycles. The van der Waals surface area contributed by atoms with Crippen molar-refractivity contribution in [2.75, 3.05) is 19.6 Å². The minimum absolute atomic E-state index is 0.373. The van der Waals surface area contributed by atoms with E-state index in [4.69, 9.17) is 11.6 Å². The van der Waals surface area contributed by atoms with Gasteiger partial charge in [0.15, 0.2) is 0 Å². The molecule has 0 bridgehead atoms. The Balaban J connectivity index is 2.42. The number of nitrogens with one attached hydrogen (secondary N) is 1. The van der Waals surface area contributed by atoms with E-state index in [0.717, 1.165) is 24.0 Å². The lowest BCUT2D eigenvalue weighted by Gasteiger charge is -2.25. The van der Waals surface area contributed by atoms with Crippen LogP contribution in [-0.4, -0.2) is 30.6 Å². The van der Waals surface area contributed by atoms with Crippen molar-refractivity contribution in [3.05, 3.63) is 21.3 Å². The zero-order valence-corrected chi connectivity index (χ0v) is 12.7. The summed E-state index contributed by atoms with van der Waals surface area (Å²) in [5.41, 5.74) is 0. The van der Waals surface area contributed by atoms with Crippen LogP contribution in [0.25, 0.3) is 0 Å². The third kappa shape index (κ3) is 4.96. The predicted octanol–water partition coefficient (Wildman–Crippen LogP) is 3.78. The van der Waals surface area contributed by atoms with Crippen LogP contribution in [0.3, 0.4) is 0 Å². The third-order valence-corrected chi connectivity index (χ3v) is 4.40. The van der Waals surface area contributed by atoms with Gasteiger partial charge in [-0.25, -0.2) is 0 Å². The Hall–Kier alpha value is -0.0900. The van der Waals surface area contributed by atoms with Gasteiger partial charge in [0.2, 0.25) is 0 Å². The maximum atomic E-state index is 5.95. The minimum Gasteiger partial charge on any atom is -0.306 e. The Bertz CT molecular complexity index is 323. The van der Waals surface area contributed by atoms with Crippen molar-refractivity contribution in [1.82, 2.24) is 10.2 Å². The van der Waals surface area contributed by atoms with Gasteiger partial charge in [0.1, 0.15) is 0 Å². The Labute approximate surface area is 114 Å². The molecule has 1 aromatic rings. The van der Waals surface area contributed by atoms with E-state index in [1.807, 2.05) is 6.07 Å². The van der Waals surface area contributed by atoms with Gasteiger partial charge in [0.25, 0.3) is 0 Å². The van der Waals surface area contributed by atoms with Crippen LogP contribution in [0.1, 0.15) is 38.6 Å². The topological polar surface area (TPSA) is 15.3 Å². The van der Waals surface area contributed by atoms with Crippen molar-refractivity contribution in [3.63, 3.8) is 0 Å². The van der Waals surface area contributed by atoms with Gasteiger partial charge in [0, 0.05) is 23.5 Å². The summed E-state index contributed by atoms with van der Waals surface area (Å²) in [5.74, 6) is 0. The van der Waals surface area contributed by atoms with Gasteiger partial charge in [0.05, 0.1) is 4.34 Å². The standard InChI is InChI=1S/C13H23ClN2S/c1-5-16(6-2)9-10(3)15-11(4)12-7-8-13(14)17-12/h7-8,10-11,15H,5-6,9H2,1-4H3. The van der Waals surface area contributed by atoms with Gasteiger partial charge in [-0.05, 0) is 39.1 Å². The first-order chi connectivity index (χ1) is 8.06. The molecule has 0 saturated carbocycles. The Kier molecular flexibility index (Phi) is 6.49. The highest BCUT2D eigenvalue weighted by Crippen LogP contribution is 2.26. The first kappa shape index (κ1) is 15.0. The van der Waals surface area contributed by atoms with E-state index in [-0.39, 0.29) is 0 Å². The number of rotatable bonds is 7. The summed E-state index contributed by atoms with van der Waals surface area (Å²) < 4.78 is 0.866. The first-order valence-electron chi connectivity index (χ1n) is 6.30. The number of nitrogens with zero attached hydrogens (tertiary/aromatic N) is 1. The van der Waals surface area contributed by atoms with Gasteiger partial charge in [-0.2, -0.15) is 0 Å². The summed E-state index contributed by atoms with van der Waals surface area (Å²) in [4.78, 5) is 3.74. The molecule has 0 radical (unpaired) electrons. The second-order valence-electron chi connectivity index (χ2n) is 4.42. The molecule has 1 N–H and O–H groups in total. The average Bonchev–Trinajstić information content (AvgIpc) is 2.72. The molecule has 2 unspecified atom stereocenters. The lowest BCUT2D eigenvalue weighted by molar-refractivity contribution is 0.264. The van der Waals surface area contributed by atoms with Crippen LogP contribution in [-0.2, 0) is 0 Å². The maximum Gasteiger partial charge on any atom is 0.0931 e. The van der Waals surface area contributed by atoms with Gasteiger partial charge >= 0.3 is 0 Å². The lowest BCUT2D eigenvalue weighted by atomic mass is 10.2. The molecule has 4 heteroatoms. The molecular weight excluding hydrogens is 252 g/mol. The molecule has 17 heavy (non-hydrogen) atoms. The lowest BCUT2D eigenvalue weighted by Crippen LogP contribution is -2.40. The largest absolute Gasteiger partial charge is 0.306 e. The fourth-order valence-electron chi connectivity index (χ4n) is 1.99. The van der Waals surface area contributed by atoms with Crippen molar-refractivity contribution >= 4 is 22.9 Å². The molecule has 0 amide bonds. The van der Waals surface area contributed by atoms with E-state index < -0.39 is 0 Å². The van der Waals surface area contributed by atoms with Crippen molar-refractivity contribution < 1.29 is 0 Å². The Morgan fingerprint density at radius 2 is 1.94 bits per heavy atom. The number of likely N-dealkylation sites (N-methyl/N-ethyl adjacent to an activating group) is 1. The zero-order valence-electron chi connectivity index (χ0n) is 11.2. The molecule has 2 atom stereocenters. The fourth-order valence-corrected chi connectivity index (χ4v) is 3.06. The summed E-state index contributed by atoms with van der Waals surface area (Å²) >= 11 is 7.61. The summed E-state index contributed by atoms with van der Waals surface area (Å²) in [6.45, 7) is 12.2. The molecule has 0 fully saturated rings. The maximum absolute atomic E-state index is 5.95. The molecule has 2 nitrogen and oxygen atoms in total. The first-order valence-corrected chi connectivity index (χ1v) is 7.49. The van der Waals surface area contributed by atoms with Crippen LogP contribution < -0.4 is 5.32 Å². The van der Waals surface area contributed by atoms with E-state index in [2.05, 4.69) is 44.0 Å². The molecule has 0 saturated heterocycles. The highest BCUT2D eigenvalue weighted by molar-refractivity contribution is 7.16. The van der Waals surface area contributed by atoms with Gasteiger partial charge < -0.3 is 10.2 Å². The third-order valence-electron chi connectivity index (χ3n) is 2.98. The van der Waals surface area contributed by atoms with E-state index in [1.54, 1.807) is 11.3 Å². The summed E-state index contributed by atoms with van der Waals surface area (Å²) in [6, 6.07) is 4.94. The smallest absolute Gasteiger partial charge is 0.0931 e. The van der Waals surface area contributed by atoms with Crippen LogP contribution in [0.4, 0.5) is 0 Å². The van der Waals surface area contributed by atoms with Gasteiger partial charge in [-0.3, -0.25) is 0 Å². The molecule has 1 aromatic heterocycles. The van der Waals surface area contributed by atoms with Crippen molar-refractivity contribution in [2.24, 2.45) is 0 Å². The van der Waals surface area contributed by atoms with Crippen LogP contribution >= 0.6 is 22.9 Å². The van der Waals surface area contributed by atoms with Gasteiger partial charge in [-0.15, -0.1) is 11.3 Å². The summed E-state index contributed by atoms with van der Waals surface area (Å²) in [6.07, 6.45) is 0. The molecule has 0 spiro atoms. The van der Waals surface area contributed by atoms with Crippen LogP contribution in [0.5, 0.6) is 0 Å². The minimum atomic E-state index is 0.373. The molecule has 98 valence electrons. The highest BCUT2D eigenvalue weighted by Gasteiger charge is 2.13. The fraction of sp³-hybridized carbons (Fsp3) is 0.692. The van der Waals surface area contributed by atoms with E-state index >= 15 is 0 Å². The SMILES string of the molecule is CCN(CC)CC(C)NC(C)c1ccc(Cl)s1. The quantitative estimate of drug-likeness (QED) is 0.814. The normalized spacial score (nSPS) is 15.2. The summed E-state index contributed by atoms with van der Waals surface area (Å²) in [5, 5.41) is 3.62. The molecule has 1 heterocycles. The summed E-state index contributed by atoms with van der Waals surface area (Å²) in [7, 11) is 0. The predicted molar refractivity (Wildman–Crippen MR) is 78.1 cm³/mol. The van der Waals surface area contributed by atoms with Crippen molar-refractivity contribution in [3.8, 4) is 0 Å². The van der Waals surface area contributed by atoms with Crippen molar-refractivity contribution in [1.29, 1.82) is 0 Å².